The van der Waals surface area contributed by atoms with Crippen LogP contribution in [0.3, 0.4) is 0 Å². The minimum atomic E-state index is -0.234. The zero-order valence-corrected chi connectivity index (χ0v) is 9.50. The molecule has 1 rings (SSSR count). The molecule has 78 valence electrons. The lowest BCUT2D eigenvalue weighted by atomic mass is 9.88. The lowest BCUT2D eigenvalue weighted by Crippen LogP contribution is -2.12. The van der Waals surface area contributed by atoms with E-state index in [0.29, 0.717) is 6.42 Å². The highest BCUT2D eigenvalue weighted by Crippen LogP contribution is 2.19. The molecule has 0 spiro atoms. The maximum atomic E-state index is 11.0. The van der Waals surface area contributed by atoms with Crippen molar-refractivity contribution < 1.29 is 4.79 Å². The summed E-state index contributed by atoms with van der Waals surface area (Å²) < 4.78 is 0. The van der Waals surface area contributed by atoms with E-state index in [-0.39, 0.29) is 11.2 Å². The first-order chi connectivity index (χ1) is 6.99. The molecule has 1 aromatic carbocycles. The van der Waals surface area contributed by atoms with Gasteiger partial charge in [-0.1, -0.05) is 30.0 Å². The fraction of sp³-hybridized carbons (Fsp3) is 0.357. The molecular formula is C14H16O. The molecule has 0 aliphatic heterocycles. The van der Waals surface area contributed by atoms with E-state index in [9.17, 15) is 4.79 Å². The van der Waals surface area contributed by atoms with E-state index in [2.05, 4.69) is 11.8 Å². The number of benzene rings is 1. The second-order valence-corrected chi connectivity index (χ2v) is 4.38. The summed E-state index contributed by atoms with van der Waals surface area (Å²) in [5, 5.41) is 0. The van der Waals surface area contributed by atoms with E-state index in [1.165, 1.54) is 0 Å². The monoisotopic (exact) mass is 200 g/mol. The molecule has 0 amide bonds. The molecule has 0 bridgehead atoms. The molecule has 0 unspecified atom stereocenters. The smallest absolute Gasteiger partial charge is 0.131 e. The zero-order chi connectivity index (χ0) is 11.3. The van der Waals surface area contributed by atoms with Crippen molar-refractivity contribution in [2.75, 3.05) is 0 Å². The van der Waals surface area contributed by atoms with Gasteiger partial charge in [-0.2, -0.15) is 0 Å². The molecule has 0 aromatic heterocycles. The van der Waals surface area contributed by atoms with Crippen LogP contribution in [0.25, 0.3) is 0 Å². The summed E-state index contributed by atoms with van der Waals surface area (Å²) in [5.74, 6) is 6.41. The van der Waals surface area contributed by atoms with Gasteiger partial charge in [0, 0.05) is 17.4 Å². The summed E-state index contributed by atoms with van der Waals surface area (Å²) in [6.45, 7) is 5.58. The van der Waals surface area contributed by atoms with Crippen LogP contribution in [0.2, 0.25) is 0 Å². The third-order valence-electron chi connectivity index (χ3n) is 2.01. The summed E-state index contributed by atoms with van der Waals surface area (Å²) in [5.41, 5.74) is 0.760. The van der Waals surface area contributed by atoms with Gasteiger partial charge in [0.25, 0.3) is 0 Å². The second-order valence-electron chi connectivity index (χ2n) is 4.38. The van der Waals surface area contributed by atoms with Gasteiger partial charge in [-0.05, 0) is 32.9 Å². The molecule has 1 aromatic rings. The van der Waals surface area contributed by atoms with Crippen molar-refractivity contribution in [2.24, 2.45) is 5.41 Å². The normalized spacial score (nSPS) is 10.3. The molecule has 0 N–H and O–H groups in total. The van der Waals surface area contributed by atoms with E-state index in [4.69, 9.17) is 0 Å². The summed E-state index contributed by atoms with van der Waals surface area (Å²) in [6, 6.07) is 9.82. The van der Waals surface area contributed by atoms with E-state index in [1.54, 1.807) is 6.92 Å². The van der Waals surface area contributed by atoms with Crippen LogP contribution in [0.1, 0.15) is 32.8 Å². The molecule has 1 heteroatoms. The molecule has 0 saturated heterocycles. The molecular weight excluding hydrogens is 184 g/mol. The minimum absolute atomic E-state index is 0.183. The van der Waals surface area contributed by atoms with Crippen LogP contribution in [0.5, 0.6) is 0 Å². The number of hydrogen-bond acceptors (Lipinski definition) is 1. The van der Waals surface area contributed by atoms with Gasteiger partial charge in [0.2, 0.25) is 0 Å². The average Bonchev–Trinajstić information content (AvgIpc) is 2.15. The Labute approximate surface area is 91.5 Å². The maximum absolute atomic E-state index is 11.0. The summed E-state index contributed by atoms with van der Waals surface area (Å²) >= 11 is 0. The molecule has 0 heterocycles. The van der Waals surface area contributed by atoms with Gasteiger partial charge in [0.15, 0.2) is 0 Å². The molecule has 1 nitrogen and oxygen atoms in total. The second kappa shape index (κ2) is 4.79. The Balaban J connectivity index is 2.77. The molecule has 0 radical (unpaired) electrons. The Morgan fingerprint density at radius 1 is 1.27 bits per heavy atom. The van der Waals surface area contributed by atoms with Crippen molar-refractivity contribution in [1.82, 2.24) is 0 Å². The Morgan fingerprint density at radius 2 is 1.87 bits per heavy atom. The van der Waals surface area contributed by atoms with Gasteiger partial charge in [-0.15, -0.1) is 0 Å². The number of hydrogen-bond donors (Lipinski definition) is 0. The number of carbonyl (C=O) groups is 1. The lowest BCUT2D eigenvalue weighted by Gasteiger charge is -2.14. The van der Waals surface area contributed by atoms with Crippen molar-refractivity contribution in [3.05, 3.63) is 35.9 Å². The standard InChI is InChI=1S/C14H16O/c1-12(15)11-14(2,3)10-9-13-7-5-4-6-8-13/h4-8H,11H2,1-3H3. The van der Waals surface area contributed by atoms with Crippen LogP contribution in [0.4, 0.5) is 0 Å². The first kappa shape index (κ1) is 11.5. The van der Waals surface area contributed by atoms with Crippen molar-refractivity contribution >= 4 is 5.78 Å². The van der Waals surface area contributed by atoms with E-state index in [1.807, 2.05) is 44.2 Å². The predicted octanol–water partition coefficient (Wildman–Crippen LogP) is 3.04. The Bertz CT molecular complexity index is 390. The van der Waals surface area contributed by atoms with E-state index < -0.39 is 0 Å². The van der Waals surface area contributed by atoms with Crippen LogP contribution in [-0.4, -0.2) is 5.78 Å². The number of carbonyl (C=O) groups excluding carboxylic acids is 1. The van der Waals surface area contributed by atoms with Crippen molar-refractivity contribution in [1.29, 1.82) is 0 Å². The highest BCUT2D eigenvalue weighted by molar-refractivity contribution is 5.76. The molecule has 0 atom stereocenters. The average molecular weight is 200 g/mol. The van der Waals surface area contributed by atoms with Gasteiger partial charge in [-0.25, -0.2) is 0 Å². The first-order valence-corrected chi connectivity index (χ1v) is 5.07. The Kier molecular flexibility index (Phi) is 3.68. The van der Waals surface area contributed by atoms with E-state index >= 15 is 0 Å². The van der Waals surface area contributed by atoms with Gasteiger partial charge >= 0.3 is 0 Å². The lowest BCUT2D eigenvalue weighted by molar-refractivity contribution is -0.118. The zero-order valence-electron chi connectivity index (χ0n) is 9.50. The number of Topliss-reactive ketones (excluding diaryl/α,β-unsaturated/α-hetero) is 1. The van der Waals surface area contributed by atoms with E-state index in [0.717, 1.165) is 5.56 Å². The van der Waals surface area contributed by atoms with Crippen LogP contribution >= 0.6 is 0 Å². The summed E-state index contributed by atoms with van der Waals surface area (Å²) in [7, 11) is 0. The van der Waals surface area contributed by atoms with Crippen LogP contribution in [0.15, 0.2) is 30.3 Å². The SMILES string of the molecule is CC(=O)CC(C)(C)C#Cc1ccccc1. The topological polar surface area (TPSA) is 17.1 Å². The molecule has 0 aliphatic rings. The third kappa shape index (κ3) is 4.46. The predicted molar refractivity (Wildman–Crippen MR) is 62.4 cm³/mol. The van der Waals surface area contributed by atoms with Crippen molar-refractivity contribution in [3.8, 4) is 11.8 Å². The van der Waals surface area contributed by atoms with Gasteiger partial charge in [0.05, 0.1) is 0 Å². The quantitative estimate of drug-likeness (QED) is 0.671. The fourth-order valence-electron chi connectivity index (χ4n) is 1.43. The van der Waals surface area contributed by atoms with Crippen molar-refractivity contribution in [2.45, 2.75) is 27.2 Å². The molecule has 0 saturated carbocycles. The number of ketones is 1. The maximum Gasteiger partial charge on any atom is 0.131 e. The van der Waals surface area contributed by atoms with Crippen LogP contribution < -0.4 is 0 Å². The van der Waals surface area contributed by atoms with Crippen LogP contribution in [0, 0.1) is 17.3 Å². The third-order valence-corrected chi connectivity index (χ3v) is 2.01. The van der Waals surface area contributed by atoms with Gasteiger partial charge < -0.3 is 0 Å². The molecule has 0 fully saturated rings. The van der Waals surface area contributed by atoms with Crippen molar-refractivity contribution in [3.63, 3.8) is 0 Å². The largest absolute Gasteiger partial charge is 0.300 e. The fourth-order valence-corrected chi connectivity index (χ4v) is 1.43. The Morgan fingerprint density at radius 3 is 2.40 bits per heavy atom. The first-order valence-electron chi connectivity index (χ1n) is 5.07. The van der Waals surface area contributed by atoms with Crippen LogP contribution in [-0.2, 0) is 4.79 Å². The summed E-state index contributed by atoms with van der Waals surface area (Å²) in [4.78, 5) is 11.0. The van der Waals surface area contributed by atoms with Gasteiger partial charge in [-0.3, -0.25) is 4.79 Å². The number of rotatable bonds is 2. The highest BCUT2D eigenvalue weighted by atomic mass is 16.1. The van der Waals surface area contributed by atoms with Gasteiger partial charge in [0.1, 0.15) is 5.78 Å². The minimum Gasteiger partial charge on any atom is -0.300 e. The molecule has 0 aliphatic carbocycles. The Hall–Kier alpha value is -1.55. The summed E-state index contributed by atoms with van der Waals surface area (Å²) in [6.07, 6.45) is 0.507. The molecule has 15 heavy (non-hydrogen) atoms. The highest BCUT2D eigenvalue weighted by Gasteiger charge is 2.16.